The van der Waals surface area contributed by atoms with Crippen LogP contribution in [0.5, 0.6) is 0 Å². The van der Waals surface area contributed by atoms with Gasteiger partial charge in [-0.2, -0.15) is 0 Å². The second-order valence-corrected chi connectivity index (χ2v) is 4.40. The predicted octanol–water partition coefficient (Wildman–Crippen LogP) is 3.85. The molecule has 2 aromatic rings. The first-order valence-corrected chi connectivity index (χ1v) is 5.39. The van der Waals surface area contributed by atoms with Crippen molar-refractivity contribution >= 4 is 16.5 Å². The van der Waals surface area contributed by atoms with Crippen LogP contribution in [0.4, 0.5) is 5.69 Å². The summed E-state index contributed by atoms with van der Waals surface area (Å²) in [5.74, 6) is 0.536. The molecule has 0 saturated heterocycles. The van der Waals surface area contributed by atoms with E-state index >= 15 is 0 Å². The molecule has 1 heteroatoms. The van der Waals surface area contributed by atoms with Crippen molar-refractivity contribution in [2.45, 2.75) is 26.7 Å². The maximum atomic E-state index is 6.09. The Labute approximate surface area is 90.9 Å². The molecule has 0 fully saturated rings. The number of benzene rings is 2. The lowest BCUT2D eigenvalue weighted by Crippen LogP contribution is -1.97. The van der Waals surface area contributed by atoms with E-state index in [0.717, 1.165) is 5.69 Å². The Kier molecular flexibility index (Phi) is 2.39. The third-order valence-electron chi connectivity index (χ3n) is 2.95. The molecule has 0 unspecified atom stereocenters. The molecule has 0 bridgehead atoms. The SMILES string of the molecule is Cc1cc(C(C)C)c2ccccc2c1N. The molecule has 1 nitrogen and oxygen atoms in total. The number of nitrogen functional groups attached to an aromatic ring is 1. The quantitative estimate of drug-likeness (QED) is 0.693. The van der Waals surface area contributed by atoms with E-state index in [1.807, 2.05) is 6.07 Å². The maximum Gasteiger partial charge on any atom is 0.0423 e. The van der Waals surface area contributed by atoms with E-state index in [1.165, 1.54) is 21.9 Å². The molecule has 2 N–H and O–H groups in total. The van der Waals surface area contributed by atoms with Crippen LogP contribution in [0, 0.1) is 6.92 Å². The molecule has 0 aliphatic heterocycles. The molecule has 78 valence electrons. The van der Waals surface area contributed by atoms with Crippen LogP contribution >= 0.6 is 0 Å². The monoisotopic (exact) mass is 199 g/mol. The Bertz CT molecular complexity index is 498. The summed E-state index contributed by atoms with van der Waals surface area (Å²) in [6.07, 6.45) is 0. The largest absolute Gasteiger partial charge is 0.398 e. The topological polar surface area (TPSA) is 26.0 Å². The minimum absolute atomic E-state index is 0.536. The molecular formula is C14H17N. The molecule has 0 aliphatic rings. The molecule has 2 rings (SSSR count). The molecule has 15 heavy (non-hydrogen) atoms. The first-order chi connectivity index (χ1) is 7.11. The van der Waals surface area contributed by atoms with Crippen LogP contribution in [0.3, 0.4) is 0 Å². The van der Waals surface area contributed by atoms with Gasteiger partial charge in [0, 0.05) is 11.1 Å². The number of fused-ring (bicyclic) bond motifs is 1. The van der Waals surface area contributed by atoms with Crippen molar-refractivity contribution in [2.24, 2.45) is 0 Å². The summed E-state index contributed by atoms with van der Waals surface area (Å²) in [4.78, 5) is 0. The highest BCUT2D eigenvalue weighted by Crippen LogP contribution is 2.31. The number of anilines is 1. The molecule has 0 amide bonds. The van der Waals surface area contributed by atoms with Crippen LogP contribution in [0.2, 0.25) is 0 Å². The normalized spacial score (nSPS) is 11.2. The second-order valence-electron chi connectivity index (χ2n) is 4.40. The zero-order valence-corrected chi connectivity index (χ0v) is 9.54. The molecule has 2 aromatic carbocycles. The van der Waals surface area contributed by atoms with Crippen molar-refractivity contribution in [3.63, 3.8) is 0 Å². The van der Waals surface area contributed by atoms with Crippen molar-refractivity contribution in [1.29, 1.82) is 0 Å². The van der Waals surface area contributed by atoms with Gasteiger partial charge in [0.15, 0.2) is 0 Å². The number of aryl methyl sites for hydroxylation is 1. The maximum absolute atomic E-state index is 6.09. The molecule has 0 spiro atoms. The first kappa shape index (κ1) is 10.0. The molecule has 0 aliphatic carbocycles. The van der Waals surface area contributed by atoms with Crippen LogP contribution in [0.25, 0.3) is 10.8 Å². The third kappa shape index (κ3) is 1.58. The molecular weight excluding hydrogens is 182 g/mol. The van der Waals surface area contributed by atoms with Crippen LogP contribution in [-0.4, -0.2) is 0 Å². The summed E-state index contributed by atoms with van der Waals surface area (Å²) in [5.41, 5.74) is 9.56. The molecule has 0 heterocycles. The van der Waals surface area contributed by atoms with Gasteiger partial charge in [-0.25, -0.2) is 0 Å². The fourth-order valence-electron chi connectivity index (χ4n) is 2.05. The Morgan fingerprint density at radius 1 is 1.07 bits per heavy atom. The Balaban J connectivity index is 2.88. The smallest absolute Gasteiger partial charge is 0.0423 e. The lowest BCUT2D eigenvalue weighted by Gasteiger charge is -2.14. The van der Waals surface area contributed by atoms with Gasteiger partial charge in [0.2, 0.25) is 0 Å². The molecule has 0 atom stereocenters. The summed E-state index contributed by atoms with van der Waals surface area (Å²) in [6.45, 7) is 6.52. The van der Waals surface area contributed by atoms with Gasteiger partial charge >= 0.3 is 0 Å². The Hall–Kier alpha value is -1.50. The Morgan fingerprint density at radius 3 is 2.27 bits per heavy atom. The van der Waals surface area contributed by atoms with E-state index in [0.29, 0.717) is 5.92 Å². The number of hydrogen-bond donors (Lipinski definition) is 1. The van der Waals surface area contributed by atoms with Crippen LogP contribution in [0.1, 0.15) is 30.9 Å². The van der Waals surface area contributed by atoms with Crippen LogP contribution in [-0.2, 0) is 0 Å². The molecule has 0 saturated carbocycles. The van der Waals surface area contributed by atoms with Gasteiger partial charge in [0.1, 0.15) is 0 Å². The lowest BCUT2D eigenvalue weighted by molar-refractivity contribution is 0.875. The average molecular weight is 199 g/mol. The number of nitrogens with two attached hydrogens (primary N) is 1. The fraction of sp³-hybridized carbons (Fsp3) is 0.286. The standard InChI is InChI=1S/C14H17N/c1-9(2)13-8-10(3)14(15)12-7-5-4-6-11(12)13/h4-9H,15H2,1-3H3. The summed E-state index contributed by atoms with van der Waals surface area (Å²) in [5, 5.41) is 2.47. The van der Waals surface area contributed by atoms with Crippen LogP contribution in [0.15, 0.2) is 30.3 Å². The highest BCUT2D eigenvalue weighted by Gasteiger charge is 2.09. The van der Waals surface area contributed by atoms with Crippen molar-refractivity contribution in [2.75, 3.05) is 5.73 Å². The summed E-state index contributed by atoms with van der Waals surface area (Å²) in [7, 11) is 0. The second kappa shape index (κ2) is 3.58. The van der Waals surface area contributed by atoms with Crippen molar-refractivity contribution in [3.05, 3.63) is 41.5 Å². The zero-order chi connectivity index (χ0) is 11.0. The van der Waals surface area contributed by atoms with Crippen molar-refractivity contribution < 1.29 is 0 Å². The van der Waals surface area contributed by atoms with E-state index in [9.17, 15) is 0 Å². The molecule has 0 radical (unpaired) electrons. The summed E-state index contributed by atoms with van der Waals surface area (Å²) in [6, 6.07) is 10.6. The van der Waals surface area contributed by atoms with Crippen molar-refractivity contribution in [1.82, 2.24) is 0 Å². The van der Waals surface area contributed by atoms with E-state index in [4.69, 9.17) is 5.73 Å². The predicted molar refractivity (Wildman–Crippen MR) is 67.2 cm³/mol. The summed E-state index contributed by atoms with van der Waals surface area (Å²) >= 11 is 0. The van der Waals surface area contributed by atoms with Gasteiger partial charge in [-0.1, -0.05) is 44.2 Å². The third-order valence-corrected chi connectivity index (χ3v) is 2.95. The Morgan fingerprint density at radius 2 is 1.67 bits per heavy atom. The lowest BCUT2D eigenvalue weighted by atomic mass is 9.93. The molecule has 0 aromatic heterocycles. The summed E-state index contributed by atoms with van der Waals surface area (Å²) < 4.78 is 0. The van der Waals surface area contributed by atoms with Gasteiger partial charge in [-0.3, -0.25) is 0 Å². The minimum Gasteiger partial charge on any atom is -0.398 e. The van der Waals surface area contributed by atoms with E-state index in [2.05, 4.69) is 45.0 Å². The van der Waals surface area contributed by atoms with Gasteiger partial charge in [-0.05, 0) is 29.4 Å². The zero-order valence-electron chi connectivity index (χ0n) is 9.54. The van der Waals surface area contributed by atoms with E-state index < -0.39 is 0 Å². The highest BCUT2D eigenvalue weighted by molar-refractivity contribution is 5.96. The van der Waals surface area contributed by atoms with Gasteiger partial charge < -0.3 is 5.73 Å². The van der Waals surface area contributed by atoms with E-state index in [1.54, 1.807) is 0 Å². The van der Waals surface area contributed by atoms with Crippen molar-refractivity contribution in [3.8, 4) is 0 Å². The number of rotatable bonds is 1. The average Bonchev–Trinajstić information content (AvgIpc) is 2.23. The van der Waals surface area contributed by atoms with Gasteiger partial charge in [0.25, 0.3) is 0 Å². The van der Waals surface area contributed by atoms with E-state index in [-0.39, 0.29) is 0 Å². The number of hydrogen-bond acceptors (Lipinski definition) is 1. The fourth-order valence-corrected chi connectivity index (χ4v) is 2.05. The van der Waals surface area contributed by atoms with Gasteiger partial charge in [0.05, 0.1) is 0 Å². The highest BCUT2D eigenvalue weighted by atomic mass is 14.6. The minimum atomic E-state index is 0.536. The van der Waals surface area contributed by atoms with Gasteiger partial charge in [-0.15, -0.1) is 0 Å². The van der Waals surface area contributed by atoms with Crippen LogP contribution < -0.4 is 5.73 Å². The first-order valence-electron chi connectivity index (χ1n) is 5.39.